The van der Waals surface area contributed by atoms with Gasteiger partial charge in [-0.25, -0.2) is 9.97 Å². The maximum absolute atomic E-state index is 6.34. The van der Waals surface area contributed by atoms with E-state index in [1.807, 2.05) is 54.6 Å². The molecule has 0 fully saturated rings. The summed E-state index contributed by atoms with van der Waals surface area (Å²) in [6.07, 6.45) is 5.40. The second-order valence-corrected chi connectivity index (χ2v) is 6.84. The van der Waals surface area contributed by atoms with Crippen LogP contribution < -0.4 is 21.1 Å². The monoisotopic (exact) mass is 400 g/mol. The van der Waals surface area contributed by atoms with Gasteiger partial charge in [0.1, 0.15) is 17.8 Å². The molecule has 0 radical (unpaired) electrons. The number of nitrogens with one attached hydrogen (secondary N) is 2. The van der Waals surface area contributed by atoms with E-state index >= 15 is 0 Å². The molecule has 0 saturated heterocycles. The lowest BCUT2D eigenvalue weighted by molar-refractivity contribution is 0.309. The molecule has 4 N–H and O–H groups in total. The molecule has 2 aromatic carbocycles. The Labute approximate surface area is 175 Å². The number of nitrogens with two attached hydrogens (primary N) is 1. The summed E-state index contributed by atoms with van der Waals surface area (Å²) in [5.74, 6) is 1.91. The lowest BCUT2D eigenvalue weighted by Crippen LogP contribution is -2.05. The van der Waals surface area contributed by atoms with Crippen molar-refractivity contribution in [1.82, 2.24) is 15.0 Å². The number of hydrogen-bond donors (Lipinski definition) is 3. The van der Waals surface area contributed by atoms with Gasteiger partial charge in [-0.2, -0.15) is 0 Å². The van der Waals surface area contributed by atoms with Gasteiger partial charge in [0.05, 0.1) is 12.1 Å². The van der Waals surface area contributed by atoms with E-state index < -0.39 is 0 Å². The Morgan fingerprint density at radius 1 is 0.900 bits per heavy atom. The number of anilines is 5. The molecule has 0 aliphatic carbocycles. The number of nitrogen functional groups attached to an aromatic ring is 1. The van der Waals surface area contributed by atoms with Crippen LogP contribution in [-0.2, 0) is 0 Å². The average Bonchev–Trinajstić information content (AvgIpc) is 2.78. The van der Waals surface area contributed by atoms with E-state index in [4.69, 9.17) is 10.5 Å². The minimum atomic E-state index is 0.432. The zero-order valence-corrected chi connectivity index (χ0v) is 16.8. The number of pyridine rings is 1. The van der Waals surface area contributed by atoms with Gasteiger partial charge >= 0.3 is 0 Å². The first-order valence-electron chi connectivity index (χ1n) is 9.95. The van der Waals surface area contributed by atoms with Crippen molar-refractivity contribution in [3.05, 3.63) is 67.1 Å². The van der Waals surface area contributed by atoms with Gasteiger partial charge in [-0.05, 0) is 55.0 Å². The molecule has 0 bridgehead atoms. The first kappa shape index (κ1) is 19.4. The Bertz CT molecular complexity index is 1120. The van der Waals surface area contributed by atoms with E-state index in [2.05, 4.69) is 32.5 Å². The number of benzene rings is 2. The molecule has 30 heavy (non-hydrogen) atoms. The van der Waals surface area contributed by atoms with Crippen molar-refractivity contribution in [3.63, 3.8) is 0 Å². The van der Waals surface area contributed by atoms with Gasteiger partial charge in [-0.3, -0.25) is 4.98 Å². The van der Waals surface area contributed by atoms with E-state index in [1.54, 1.807) is 6.20 Å². The Kier molecular flexibility index (Phi) is 5.89. The summed E-state index contributed by atoms with van der Waals surface area (Å²) >= 11 is 0. The van der Waals surface area contributed by atoms with Crippen LogP contribution >= 0.6 is 0 Å². The third-order valence-electron chi connectivity index (χ3n) is 4.67. The molecule has 0 saturated carbocycles. The fraction of sp³-hybridized carbons (Fsp3) is 0.174. The number of aromatic nitrogens is 3. The molecule has 2 aromatic heterocycles. The molecule has 0 amide bonds. The van der Waals surface area contributed by atoms with E-state index in [0.29, 0.717) is 17.3 Å². The second-order valence-electron chi connectivity index (χ2n) is 6.84. The zero-order chi connectivity index (χ0) is 20.8. The maximum atomic E-state index is 6.34. The van der Waals surface area contributed by atoms with Gasteiger partial charge in [0, 0.05) is 23.0 Å². The van der Waals surface area contributed by atoms with Gasteiger partial charge in [0.2, 0.25) is 0 Å². The predicted molar refractivity (Wildman–Crippen MR) is 122 cm³/mol. The highest BCUT2D eigenvalue weighted by molar-refractivity contribution is 5.94. The van der Waals surface area contributed by atoms with Crippen molar-refractivity contribution in [1.29, 1.82) is 0 Å². The number of unbranched alkanes of at least 4 members (excludes halogenated alkanes) is 1. The van der Waals surface area contributed by atoms with Crippen molar-refractivity contribution in [2.75, 3.05) is 23.0 Å². The molecule has 2 heterocycles. The lowest BCUT2D eigenvalue weighted by Gasteiger charge is -2.14. The summed E-state index contributed by atoms with van der Waals surface area (Å²) in [6, 6.07) is 17.5. The van der Waals surface area contributed by atoms with E-state index in [1.165, 1.54) is 6.33 Å². The highest BCUT2D eigenvalue weighted by atomic mass is 16.5. The van der Waals surface area contributed by atoms with Crippen LogP contribution in [0.3, 0.4) is 0 Å². The van der Waals surface area contributed by atoms with Gasteiger partial charge in [-0.15, -0.1) is 0 Å². The van der Waals surface area contributed by atoms with Gasteiger partial charge in [0.25, 0.3) is 0 Å². The van der Waals surface area contributed by atoms with Gasteiger partial charge in [-0.1, -0.05) is 19.4 Å². The van der Waals surface area contributed by atoms with Crippen LogP contribution in [0.15, 0.2) is 67.1 Å². The Hall–Kier alpha value is -3.87. The topological polar surface area (TPSA) is 98.0 Å². The van der Waals surface area contributed by atoms with Crippen molar-refractivity contribution in [3.8, 4) is 5.75 Å². The first-order valence-corrected chi connectivity index (χ1v) is 9.95. The smallest absolute Gasteiger partial charge is 0.159 e. The maximum Gasteiger partial charge on any atom is 0.159 e. The molecule has 4 rings (SSSR count). The standard InChI is InChI=1S/C23H24N6O/c1-2-3-14-30-17-11-9-16(10-12-17)28-22-21(24)23(27-15-26-22)29-20-8-4-7-19-18(20)6-5-13-25-19/h4-13,15H,2-3,14,24H2,1H3,(H2,26,27,28,29). The minimum absolute atomic E-state index is 0.432. The molecular weight excluding hydrogens is 376 g/mol. The van der Waals surface area contributed by atoms with Crippen LogP contribution in [0.25, 0.3) is 10.9 Å². The number of fused-ring (bicyclic) bond motifs is 1. The van der Waals surface area contributed by atoms with E-state index in [9.17, 15) is 0 Å². The van der Waals surface area contributed by atoms with E-state index in [-0.39, 0.29) is 0 Å². The van der Waals surface area contributed by atoms with E-state index in [0.717, 1.165) is 47.5 Å². The highest BCUT2D eigenvalue weighted by Gasteiger charge is 2.10. The van der Waals surface area contributed by atoms with Crippen LogP contribution in [0.1, 0.15) is 19.8 Å². The molecule has 7 nitrogen and oxygen atoms in total. The van der Waals surface area contributed by atoms with Crippen molar-refractivity contribution in [2.24, 2.45) is 0 Å². The quantitative estimate of drug-likeness (QED) is 0.346. The van der Waals surface area contributed by atoms with Crippen LogP contribution in [0.2, 0.25) is 0 Å². The Balaban J connectivity index is 1.52. The van der Waals surface area contributed by atoms with Crippen molar-refractivity contribution < 1.29 is 4.74 Å². The summed E-state index contributed by atoms with van der Waals surface area (Å²) in [6.45, 7) is 2.86. The molecule has 0 aliphatic rings. The number of ether oxygens (including phenoxy) is 1. The summed E-state index contributed by atoms with van der Waals surface area (Å²) < 4.78 is 5.70. The third-order valence-corrected chi connectivity index (χ3v) is 4.67. The molecule has 7 heteroatoms. The van der Waals surface area contributed by atoms with Crippen molar-refractivity contribution >= 4 is 39.6 Å². The Morgan fingerprint density at radius 2 is 1.70 bits per heavy atom. The van der Waals surface area contributed by atoms with Crippen molar-refractivity contribution in [2.45, 2.75) is 19.8 Å². The number of rotatable bonds is 8. The molecule has 4 aromatic rings. The minimum Gasteiger partial charge on any atom is -0.494 e. The fourth-order valence-corrected chi connectivity index (χ4v) is 3.04. The summed E-state index contributed by atoms with van der Waals surface area (Å²) in [4.78, 5) is 13.0. The molecule has 0 atom stereocenters. The first-order chi connectivity index (χ1) is 14.7. The summed E-state index contributed by atoms with van der Waals surface area (Å²) in [7, 11) is 0. The average molecular weight is 400 g/mol. The van der Waals surface area contributed by atoms with Crippen LogP contribution in [0.4, 0.5) is 28.7 Å². The molecule has 0 aliphatic heterocycles. The molecular formula is C23H24N6O. The van der Waals surface area contributed by atoms with Crippen LogP contribution in [-0.4, -0.2) is 21.6 Å². The molecule has 152 valence electrons. The normalized spacial score (nSPS) is 10.7. The Morgan fingerprint density at radius 3 is 2.50 bits per heavy atom. The summed E-state index contributed by atoms with van der Waals surface area (Å²) in [5.41, 5.74) is 9.42. The lowest BCUT2D eigenvalue weighted by atomic mass is 10.2. The van der Waals surface area contributed by atoms with Gasteiger partial charge in [0.15, 0.2) is 11.6 Å². The number of nitrogens with zero attached hydrogens (tertiary/aromatic N) is 3. The largest absolute Gasteiger partial charge is 0.494 e. The predicted octanol–water partition coefficient (Wildman–Crippen LogP) is 5.27. The third kappa shape index (κ3) is 4.41. The zero-order valence-electron chi connectivity index (χ0n) is 16.8. The number of hydrogen-bond acceptors (Lipinski definition) is 7. The fourth-order valence-electron chi connectivity index (χ4n) is 3.04. The highest BCUT2D eigenvalue weighted by Crippen LogP contribution is 2.31. The summed E-state index contributed by atoms with van der Waals surface area (Å²) in [5, 5.41) is 7.54. The van der Waals surface area contributed by atoms with Crippen LogP contribution in [0, 0.1) is 0 Å². The van der Waals surface area contributed by atoms with Crippen LogP contribution in [0.5, 0.6) is 5.75 Å². The second kappa shape index (κ2) is 9.09. The molecule has 0 unspecified atom stereocenters. The molecule has 0 spiro atoms. The SMILES string of the molecule is CCCCOc1ccc(Nc2ncnc(Nc3cccc4ncccc34)c2N)cc1. The van der Waals surface area contributed by atoms with Gasteiger partial charge < -0.3 is 21.1 Å².